The van der Waals surface area contributed by atoms with Crippen molar-refractivity contribution in [1.29, 1.82) is 0 Å². The molecule has 2 nitrogen and oxygen atoms in total. The molecule has 0 saturated heterocycles. The van der Waals surface area contributed by atoms with Crippen LogP contribution in [0, 0.1) is 5.92 Å². The van der Waals surface area contributed by atoms with Crippen LogP contribution in [0.3, 0.4) is 0 Å². The van der Waals surface area contributed by atoms with Crippen LogP contribution >= 0.6 is 0 Å². The Labute approximate surface area is 68.1 Å². The molecule has 11 heavy (non-hydrogen) atoms. The summed E-state index contributed by atoms with van der Waals surface area (Å²) in [5.41, 5.74) is 5.63. The van der Waals surface area contributed by atoms with Gasteiger partial charge in [0.2, 0.25) is 0 Å². The Morgan fingerprint density at radius 2 is 2.36 bits per heavy atom. The number of aliphatic hydroxyl groups excluding tert-OH is 1. The number of rotatable bonds is 3. The number of aliphatic hydroxyl groups is 1. The molecule has 0 aromatic carbocycles. The van der Waals surface area contributed by atoms with E-state index in [0.29, 0.717) is 5.92 Å². The van der Waals surface area contributed by atoms with Crippen LogP contribution in [0.4, 0.5) is 0 Å². The second-order valence-corrected chi connectivity index (χ2v) is 3.33. The van der Waals surface area contributed by atoms with Gasteiger partial charge in [-0.1, -0.05) is 12.2 Å². The van der Waals surface area contributed by atoms with Gasteiger partial charge < -0.3 is 10.8 Å². The monoisotopic (exact) mass is 155 g/mol. The van der Waals surface area contributed by atoms with Crippen LogP contribution in [0.25, 0.3) is 0 Å². The first-order valence-corrected chi connectivity index (χ1v) is 4.34. The maximum Gasteiger partial charge on any atom is 0.0582 e. The molecule has 1 unspecified atom stereocenters. The van der Waals surface area contributed by atoms with Crippen molar-refractivity contribution in [2.75, 3.05) is 6.61 Å². The molecule has 1 rings (SSSR count). The molecule has 64 valence electrons. The van der Waals surface area contributed by atoms with Crippen molar-refractivity contribution in [2.45, 2.75) is 31.7 Å². The highest BCUT2D eigenvalue weighted by Crippen LogP contribution is 2.21. The average Bonchev–Trinajstić information content (AvgIpc) is 2.06. The topological polar surface area (TPSA) is 46.2 Å². The van der Waals surface area contributed by atoms with E-state index < -0.39 is 0 Å². The van der Waals surface area contributed by atoms with Crippen LogP contribution in [-0.2, 0) is 0 Å². The molecule has 1 aliphatic rings. The van der Waals surface area contributed by atoms with Crippen molar-refractivity contribution in [3.8, 4) is 0 Å². The Balaban J connectivity index is 2.20. The molecular formula is C9H17NO. The first-order chi connectivity index (χ1) is 5.33. The lowest BCUT2D eigenvalue weighted by Gasteiger charge is -2.20. The molecule has 0 bridgehead atoms. The highest BCUT2D eigenvalue weighted by molar-refractivity contribution is 4.90. The largest absolute Gasteiger partial charge is 0.395 e. The Hall–Kier alpha value is -0.340. The Bertz CT molecular complexity index is 134. The third-order valence-corrected chi connectivity index (χ3v) is 2.25. The van der Waals surface area contributed by atoms with Crippen LogP contribution in [0.5, 0.6) is 0 Å². The molecular weight excluding hydrogens is 138 g/mol. The summed E-state index contributed by atoms with van der Waals surface area (Å²) >= 11 is 0. The normalized spacial score (nSPS) is 26.9. The summed E-state index contributed by atoms with van der Waals surface area (Å²) in [7, 11) is 0. The van der Waals surface area contributed by atoms with Crippen molar-refractivity contribution in [2.24, 2.45) is 11.7 Å². The predicted molar refractivity (Wildman–Crippen MR) is 46.2 cm³/mol. The molecule has 2 heteroatoms. The van der Waals surface area contributed by atoms with E-state index in [-0.39, 0.29) is 12.6 Å². The van der Waals surface area contributed by atoms with Crippen LogP contribution in [0.1, 0.15) is 25.7 Å². The zero-order valence-corrected chi connectivity index (χ0v) is 6.87. The van der Waals surface area contributed by atoms with Crippen molar-refractivity contribution >= 4 is 0 Å². The van der Waals surface area contributed by atoms with E-state index in [9.17, 15) is 0 Å². The minimum absolute atomic E-state index is 0.00787. The van der Waals surface area contributed by atoms with Gasteiger partial charge in [-0.3, -0.25) is 0 Å². The molecule has 0 saturated carbocycles. The molecule has 0 aliphatic heterocycles. The van der Waals surface area contributed by atoms with Gasteiger partial charge in [-0.15, -0.1) is 0 Å². The minimum atomic E-state index is -0.00787. The summed E-state index contributed by atoms with van der Waals surface area (Å²) in [5.74, 6) is 0.710. The first-order valence-electron chi connectivity index (χ1n) is 4.34. The third kappa shape index (κ3) is 3.04. The zero-order valence-electron chi connectivity index (χ0n) is 6.87. The molecule has 0 radical (unpaired) electrons. The number of allylic oxidation sites excluding steroid dienone is 2. The van der Waals surface area contributed by atoms with Gasteiger partial charge in [-0.05, 0) is 31.6 Å². The van der Waals surface area contributed by atoms with E-state index in [1.165, 1.54) is 12.8 Å². The molecule has 3 N–H and O–H groups in total. The fourth-order valence-electron chi connectivity index (χ4n) is 1.57. The van der Waals surface area contributed by atoms with Crippen molar-refractivity contribution < 1.29 is 5.11 Å². The van der Waals surface area contributed by atoms with Crippen LogP contribution in [0.15, 0.2) is 12.2 Å². The Morgan fingerprint density at radius 3 is 2.91 bits per heavy atom. The van der Waals surface area contributed by atoms with Gasteiger partial charge in [0, 0.05) is 6.04 Å². The second kappa shape index (κ2) is 4.52. The van der Waals surface area contributed by atoms with Crippen molar-refractivity contribution in [3.05, 3.63) is 12.2 Å². The summed E-state index contributed by atoms with van der Waals surface area (Å²) in [6.45, 7) is 0.125. The van der Waals surface area contributed by atoms with E-state index in [0.717, 1.165) is 12.8 Å². The molecule has 1 aliphatic carbocycles. The molecule has 2 atom stereocenters. The molecule has 0 fully saturated rings. The van der Waals surface area contributed by atoms with Gasteiger partial charge in [-0.2, -0.15) is 0 Å². The van der Waals surface area contributed by atoms with Gasteiger partial charge in [-0.25, -0.2) is 0 Å². The Morgan fingerprint density at radius 1 is 1.55 bits per heavy atom. The standard InChI is InChI=1S/C9H17NO/c10-9(7-11)6-8-4-2-1-3-5-8/h1-2,8-9,11H,3-7,10H2/t8?,9-/m0/s1. The Kier molecular flexibility index (Phi) is 3.60. The fourth-order valence-corrected chi connectivity index (χ4v) is 1.57. The molecule has 0 aromatic rings. The van der Waals surface area contributed by atoms with Gasteiger partial charge >= 0.3 is 0 Å². The van der Waals surface area contributed by atoms with Gasteiger partial charge in [0.05, 0.1) is 6.61 Å². The highest BCUT2D eigenvalue weighted by atomic mass is 16.3. The van der Waals surface area contributed by atoms with Gasteiger partial charge in [0.25, 0.3) is 0 Å². The third-order valence-electron chi connectivity index (χ3n) is 2.25. The SMILES string of the molecule is N[C@H](CO)CC1CC=CCC1. The highest BCUT2D eigenvalue weighted by Gasteiger charge is 2.12. The summed E-state index contributed by atoms with van der Waals surface area (Å²) < 4.78 is 0. The van der Waals surface area contributed by atoms with Crippen LogP contribution in [-0.4, -0.2) is 17.8 Å². The summed E-state index contributed by atoms with van der Waals surface area (Å²) in [5, 5.41) is 8.72. The summed E-state index contributed by atoms with van der Waals surface area (Å²) in [6, 6.07) is -0.00787. The maximum absolute atomic E-state index is 8.72. The quantitative estimate of drug-likeness (QED) is 0.598. The van der Waals surface area contributed by atoms with Crippen molar-refractivity contribution in [3.63, 3.8) is 0 Å². The molecule has 0 heterocycles. The molecule has 0 aromatic heterocycles. The van der Waals surface area contributed by atoms with E-state index in [1.54, 1.807) is 0 Å². The summed E-state index contributed by atoms with van der Waals surface area (Å²) in [4.78, 5) is 0. The van der Waals surface area contributed by atoms with E-state index in [2.05, 4.69) is 12.2 Å². The van der Waals surface area contributed by atoms with E-state index in [4.69, 9.17) is 10.8 Å². The van der Waals surface area contributed by atoms with Crippen LogP contribution < -0.4 is 5.73 Å². The maximum atomic E-state index is 8.72. The molecule has 0 spiro atoms. The summed E-state index contributed by atoms with van der Waals surface area (Å²) in [6.07, 6.45) is 8.99. The average molecular weight is 155 g/mol. The van der Waals surface area contributed by atoms with E-state index >= 15 is 0 Å². The predicted octanol–water partition coefficient (Wildman–Crippen LogP) is 1.05. The lowest BCUT2D eigenvalue weighted by Crippen LogP contribution is -2.27. The second-order valence-electron chi connectivity index (χ2n) is 3.33. The fraction of sp³-hybridized carbons (Fsp3) is 0.778. The number of hydrogen-bond donors (Lipinski definition) is 2. The lowest BCUT2D eigenvalue weighted by atomic mass is 9.89. The number of nitrogens with two attached hydrogens (primary N) is 1. The minimum Gasteiger partial charge on any atom is -0.395 e. The first kappa shape index (κ1) is 8.75. The zero-order chi connectivity index (χ0) is 8.10. The van der Waals surface area contributed by atoms with E-state index in [1.807, 2.05) is 0 Å². The van der Waals surface area contributed by atoms with Crippen molar-refractivity contribution in [1.82, 2.24) is 0 Å². The van der Waals surface area contributed by atoms with Crippen LogP contribution in [0.2, 0.25) is 0 Å². The van der Waals surface area contributed by atoms with Gasteiger partial charge in [0.15, 0.2) is 0 Å². The lowest BCUT2D eigenvalue weighted by molar-refractivity contribution is 0.241. The number of hydrogen-bond acceptors (Lipinski definition) is 2. The van der Waals surface area contributed by atoms with Gasteiger partial charge in [0.1, 0.15) is 0 Å². The smallest absolute Gasteiger partial charge is 0.0582 e. The molecule has 0 amide bonds.